The summed E-state index contributed by atoms with van der Waals surface area (Å²) in [6.07, 6.45) is -1.78. The Morgan fingerprint density at radius 3 is 2.45 bits per heavy atom. The molecule has 2 amide bonds. The fourth-order valence-electron chi connectivity index (χ4n) is 2.56. The largest absolute Gasteiger partial charge is 0.493 e. The smallest absolute Gasteiger partial charge is 0.405 e. The van der Waals surface area contributed by atoms with Gasteiger partial charge in [0.05, 0.1) is 19.2 Å². The summed E-state index contributed by atoms with van der Waals surface area (Å²) in [5.41, 5.74) is 1.48. The van der Waals surface area contributed by atoms with Crippen LogP contribution in [0.3, 0.4) is 0 Å². The number of ether oxygens (including phenoxy) is 2. The molecule has 0 heterocycles. The van der Waals surface area contributed by atoms with E-state index in [1.54, 1.807) is 24.4 Å². The van der Waals surface area contributed by atoms with Crippen molar-refractivity contribution in [3.05, 3.63) is 58.1 Å². The van der Waals surface area contributed by atoms with Gasteiger partial charge >= 0.3 is 6.18 Å². The van der Waals surface area contributed by atoms with Crippen LogP contribution in [-0.2, 0) is 4.79 Å². The average molecular weight is 457 g/mol. The van der Waals surface area contributed by atoms with Crippen LogP contribution in [0.4, 0.5) is 18.9 Å². The van der Waals surface area contributed by atoms with E-state index in [1.165, 1.54) is 44.6 Å². The number of hydrogen-bond donors (Lipinski definition) is 2. The first kappa shape index (κ1) is 24.1. The Morgan fingerprint density at radius 1 is 1.13 bits per heavy atom. The Balaban J connectivity index is 2.13. The fourth-order valence-corrected chi connectivity index (χ4v) is 2.86. The molecule has 166 valence electrons. The zero-order valence-corrected chi connectivity index (χ0v) is 17.6. The summed E-state index contributed by atoms with van der Waals surface area (Å²) in [7, 11) is 2.90. The lowest BCUT2D eigenvalue weighted by Gasteiger charge is -2.11. The molecule has 0 bridgehead atoms. The van der Waals surface area contributed by atoms with Crippen molar-refractivity contribution in [1.82, 2.24) is 5.32 Å². The van der Waals surface area contributed by atoms with E-state index in [1.807, 2.05) is 0 Å². The van der Waals surface area contributed by atoms with Crippen molar-refractivity contribution in [2.75, 3.05) is 26.1 Å². The molecule has 0 aliphatic carbocycles. The summed E-state index contributed by atoms with van der Waals surface area (Å²) in [5.74, 6) is -0.657. The minimum absolute atomic E-state index is 0.0131. The highest BCUT2D eigenvalue weighted by Crippen LogP contribution is 2.36. The standard InChI is InChI=1S/C21H20ClF3N2O4/c1-12-4-6-14(20(29)26-11-21(23,24)25)10-16(12)27-18(28)7-5-13-8-15(22)19(31-3)17(9-13)30-2/h4-10H,11H2,1-3H3,(H,26,29)(H,27,28)/b7-5+. The minimum Gasteiger partial charge on any atom is -0.493 e. The van der Waals surface area contributed by atoms with E-state index in [4.69, 9.17) is 21.1 Å². The van der Waals surface area contributed by atoms with E-state index < -0.39 is 24.5 Å². The van der Waals surface area contributed by atoms with Gasteiger partial charge in [-0.15, -0.1) is 0 Å². The zero-order valence-electron chi connectivity index (χ0n) is 16.9. The average Bonchev–Trinajstić information content (AvgIpc) is 2.71. The lowest BCUT2D eigenvalue weighted by atomic mass is 10.1. The van der Waals surface area contributed by atoms with Crippen LogP contribution in [0.25, 0.3) is 6.08 Å². The molecule has 2 N–H and O–H groups in total. The van der Waals surface area contributed by atoms with Gasteiger partial charge in [0.1, 0.15) is 6.54 Å². The number of benzene rings is 2. The predicted molar refractivity (Wildman–Crippen MR) is 112 cm³/mol. The van der Waals surface area contributed by atoms with Gasteiger partial charge in [-0.1, -0.05) is 17.7 Å². The topological polar surface area (TPSA) is 76.7 Å². The van der Waals surface area contributed by atoms with Gasteiger partial charge in [0.2, 0.25) is 5.91 Å². The van der Waals surface area contributed by atoms with E-state index >= 15 is 0 Å². The van der Waals surface area contributed by atoms with Crippen LogP contribution < -0.4 is 20.1 Å². The van der Waals surface area contributed by atoms with E-state index in [9.17, 15) is 22.8 Å². The van der Waals surface area contributed by atoms with Gasteiger partial charge < -0.3 is 20.1 Å². The Labute approximate surface area is 182 Å². The lowest BCUT2D eigenvalue weighted by Crippen LogP contribution is -2.33. The Kier molecular flexibility index (Phi) is 7.93. The lowest BCUT2D eigenvalue weighted by molar-refractivity contribution is -0.123. The molecule has 2 rings (SSSR count). The number of carbonyl (C=O) groups excluding carboxylic acids is 2. The Hall–Kier alpha value is -3.20. The van der Waals surface area contributed by atoms with Crippen LogP contribution >= 0.6 is 11.6 Å². The maximum Gasteiger partial charge on any atom is 0.405 e. The molecule has 0 saturated carbocycles. The van der Waals surface area contributed by atoms with Crippen LogP contribution in [0.2, 0.25) is 5.02 Å². The minimum atomic E-state index is -4.52. The summed E-state index contributed by atoms with van der Waals surface area (Å²) >= 11 is 6.13. The van der Waals surface area contributed by atoms with E-state index in [0.717, 1.165) is 0 Å². The molecule has 10 heteroatoms. The van der Waals surface area contributed by atoms with Gasteiger partial charge in [0.25, 0.3) is 5.91 Å². The van der Waals surface area contributed by atoms with Gasteiger partial charge in [-0.05, 0) is 48.4 Å². The summed E-state index contributed by atoms with van der Waals surface area (Å²) in [5, 5.41) is 4.68. The third-order valence-electron chi connectivity index (χ3n) is 4.09. The monoisotopic (exact) mass is 456 g/mol. The maximum atomic E-state index is 12.3. The van der Waals surface area contributed by atoms with E-state index in [0.29, 0.717) is 33.3 Å². The van der Waals surface area contributed by atoms with Crippen molar-refractivity contribution in [3.63, 3.8) is 0 Å². The first-order valence-electron chi connectivity index (χ1n) is 8.90. The van der Waals surface area contributed by atoms with Crippen molar-refractivity contribution >= 4 is 35.2 Å². The van der Waals surface area contributed by atoms with Crippen LogP contribution in [0.1, 0.15) is 21.5 Å². The van der Waals surface area contributed by atoms with Crippen LogP contribution in [0.15, 0.2) is 36.4 Å². The number of methoxy groups -OCH3 is 2. The van der Waals surface area contributed by atoms with E-state index in [-0.39, 0.29) is 5.56 Å². The second-order valence-electron chi connectivity index (χ2n) is 6.39. The molecule has 6 nitrogen and oxygen atoms in total. The second-order valence-corrected chi connectivity index (χ2v) is 6.80. The van der Waals surface area contributed by atoms with Crippen LogP contribution in [0, 0.1) is 6.92 Å². The maximum absolute atomic E-state index is 12.3. The molecule has 0 unspecified atom stereocenters. The number of amides is 2. The van der Waals surface area contributed by atoms with Gasteiger partial charge in [0, 0.05) is 17.3 Å². The molecule has 0 aliphatic heterocycles. The molecule has 2 aromatic carbocycles. The molecule has 0 atom stereocenters. The molecule has 0 radical (unpaired) electrons. The number of aryl methyl sites for hydroxylation is 1. The quantitative estimate of drug-likeness (QED) is 0.596. The SMILES string of the molecule is COc1cc(/C=C/C(=O)Nc2cc(C(=O)NCC(F)(F)F)ccc2C)cc(Cl)c1OC. The van der Waals surface area contributed by atoms with Crippen molar-refractivity contribution in [2.45, 2.75) is 13.1 Å². The molecule has 0 fully saturated rings. The first-order valence-corrected chi connectivity index (χ1v) is 9.28. The van der Waals surface area contributed by atoms with Gasteiger partial charge in [-0.2, -0.15) is 13.2 Å². The number of alkyl halides is 3. The molecule has 31 heavy (non-hydrogen) atoms. The van der Waals surface area contributed by atoms with Crippen molar-refractivity contribution in [2.24, 2.45) is 0 Å². The highest BCUT2D eigenvalue weighted by Gasteiger charge is 2.28. The third-order valence-corrected chi connectivity index (χ3v) is 4.37. The van der Waals surface area contributed by atoms with Gasteiger partial charge in [-0.25, -0.2) is 0 Å². The number of anilines is 1. The summed E-state index contributed by atoms with van der Waals surface area (Å²) in [4.78, 5) is 24.2. The van der Waals surface area contributed by atoms with Gasteiger partial charge in [-0.3, -0.25) is 9.59 Å². The number of carbonyl (C=O) groups is 2. The molecular formula is C21H20ClF3N2O4. The summed E-state index contributed by atoms with van der Waals surface area (Å²) in [6.45, 7) is 0.239. The Bertz CT molecular complexity index is 1010. The number of rotatable bonds is 7. The van der Waals surface area contributed by atoms with Crippen LogP contribution in [-0.4, -0.2) is 38.8 Å². The normalized spacial score (nSPS) is 11.3. The first-order chi connectivity index (χ1) is 14.5. The van der Waals surface area contributed by atoms with Crippen molar-refractivity contribution in [3.8, 4) is 11.5 Å². The number of hydrogen-bond acceptors (Lipinski definition) is 4. The molecule has 0 saturated heterocycles. The zero-order chi connectivity index (χ0) is 23.2. The molecular weight excluding hydrogens is 437 g/mol. The van der Waals surface area contributed by atoms with Crippen molar-refractivity contribution in [1.29, 1.82) is 0 Å². The molecule has 0 aromatic heterocycles. The second kappa shape index (κ2) is 10.2. The Morgan fingerprint density at radius 2 is 1.84 bits per heavy atom. The molecule has 0 spiro atoms. The highest BCUT2D eigenvalue weighted by atomic mass is 35.5. The van der Waals surface area contributed by atoms with Gasteiger partial charge in [0.15, 0.2) is 11.5 Å². The number of nitrogens with one attached hydrogen (secondary N) is 2. The summed E-state index contributed by atoms with van der Waals surface area (Å²) < 4.78 is 47.2. The number of halogens is 4. The van der Waals surface area contributed by atoms with E-state index in [2.05, 4.69) is 5.32 Å². The van der Waals surface area contributed by atoms with Crippen molar-refractivity contribution < 1.29 is 32.2 Å². The molecule has 2 aromatic rings. The third kappa shape index (κ3) is 6.92. The summed E-state index contributed by atoms with van der Waals surface area (Å²) in [6, 6.07) is 7.42. The highest BCUT2D eigenvalue weighted by molar-refractivity contribution is 6.32. The molecule has 0 aliphatic rings. The van der Waals surface area contributed by atoms with Crippen LogP contribution in [0.5, 0.6) is 11.5 Å². The predicted octanol–water partition coefficient (Wildman–Crippen LogP) is 4.61. The fraction of sp³-hybridized carbons (Fsp3) is 0.238.